The number of aliphatic hydroxyl groups excluding tert-OH is 1. The summed E-state index contributed by atoms with van der Waals surface area (Å²) in [5.41, 5.74) is 0.302. The lowest BCUT2D eigenvalue weighted by Crippen LogP contribution is -2.32. The van der Waals surface area contributed by atoms with Gasteiger partial charge in [0, 0.05) is 35.2 Å². The molecule has 1 aliphatic heterocycles. The number of fused-ring (bicyclic) bond motifs is 1. The Morgan fingerprint density at radius 1 is 1.21 bits per heavy atom. The quantitative estimate of drug-likeness (QED) is 0.642. The number of hydrogen-bond donors (Lipinski definition) is 3. The predicted molar refractivity (Wildman–Crippen MR) is 102 cm³/mol. The maximum absolute atomic E-state index is 13.6. The van der Waals surface area contributed by atoms with Crippen LogP contribution in [0, 0.1) is 5.82 Å². The minimum Gasteiger partial charge on any atom is -0.507 e. The molecule has 2 aromatic carbocycles. The molecule has 146 valence electrons. The molecule has 0 bridgehead atoms. The maximum atomic E-state index is 13.6. The summed E-state index contributed by atoms with van der Waals surface area (Å²) < 4.78 is 19.6. The van der Waals surface area contributed by atoms with Crippen LogP contribution >= 0.6 is 0 Å². The zero-order valence-corrected chi connectivity index (χ0v) is 15.2. The van der Waals surface area contributed by atoms with Crippen molar-refractivity contribution in [2.45, 2.75) is 18.4 Å². The lowest BCUT2D eigenvalue weighted by atomic mass is 9.89. The van der Waals surface area contributed by atoms with Gasteiger partial charge in [-0.2, -0.15) is 0 Å². The summed E-state index contributed by atoms with van der Waals surface area (Å²) in [5, 5.41) is 30.6. The highest BCUT2D eigenvalue weighted by Crippen LogP contribution is 2.44. The van der Waals surface area contributed by atoms with Crippen LogP contribution in [0.4, 0.5) is 4.39 Å². The number of likely N-dealkylation sites (tertiary alicyclic amines) is 1. The Bertz CT molecular complexity index is 1110. The van der Waals surface area contributed by atoms with Gasteiger partial charge in [0.05, 0.1) is 6.61 Å². The van der Waals surface area contributed by atoms with Gasteiger partial charge in [-0.3, -0.25) is 4.79 Å². The van der Waals surface area contributed by atoms with Gasteiger partial charge in [0.2, 0.25) is 0 Å². The first kappa shape index (κ1) is 18.5. The first-order valence-electron chi connectivity index (χ1n) is 9.00. The summed E-state index contributed by atoms with van der Waals surface area (Å²) in [6, 6.07) is 7.70. The van der Waals surface area contributed by atoms with Gasteiger partial charge in [-0.25, -0.2) is 4.39 Å². The third kappa shape index (κ3) is 2.93. The highest BCUT2D eigenvalue weighted by Gasteiger charge is 2.36. The number of phenols is 2. The topological polar surface area (TPSA) is 94.1 Å². The number of likely N-dealkylation sites (N-methyl/N-ethyl adjacent to an activating group) is 1. The lowest BCUT2D eigenvalue weighted by Gasteiger charge is -2.24. The van der Waals surface area contributed by atoms with Crippen molar-refractivity contribution >= 4 is 11.0 Å². The number of benzene rings is 2. The van der Waals surface area contributed by atoms with Crippen molar-refractivity contribution in [1.29, 1.82) is 0 Å². The van der Waals surface area contributed by atoms with Crippen LogP contribution < -0.4 is 5.43 Å². The Balaban J connectivity index is 2.01. The van der Waals surface area contributed by atoms with Crippen molar-refractivity contribution in [1.82, 2.24) is 4.90 Å². The van der Waals surface area contributed by atoms with E-state index in [1.807, 2.05) is 11.9 Å². The van der Waals surface area contributed by atoms with Crippen molar-refractivity contribution in [3.8, 4) is 22.8 Å². The van der Waals surface area contributed by atoms with Crippen molar-refractivity contribution < 1.29 is 24.1 Å². The molecule has 0 spiro atoms. The van der Waals surface area contributed by atoms with Gasteiger partial charge in [-0.1, -0.05) is 12.1 Å². The molecule has 1 aliphatic rings. The number of halogens is 1. The number of nitrogens with zero attached hydrogens (tertiary/aromatic N) is 1. The zero-order valence-electron chi connectivity index (χ0n) is 15.2. The van der Waals surface area contributed by atoms with Crippen molar-refractivity contribution in [2.24, 2.45) is 0 Å². The minimum atomic E-state index is -0.494. The molecule has 3 N–H and O–H groups in total. The molecule has 0 aliphatic carbocycles. The Morgan fingerprint density at radius 3 is 2.71 bits per heavy atom. The smallest absolute Gasteiger partial charge is 0.197 e. The van der Waals surface area contributed by atoms with E-state index in [1.54, 1.807) is 6.07 Å². The summed E-state index contributed by atoms with van der Waals surface area (Å²) in [6.07, 6.45) is 0.642. The van der Waals surface area contributed by atoms with Crippen molar-refractivity contribution in [3.05, 3.63) is 58.0 Å². The number of phenolic OH excluding ortho intramolecular Hbond substituents is 2. The van der Waals surface area contributed by atoms with Gasteiger partial charge in [-0.15, -0.1) is 0 Å². The van der Waals surface area contributed by atoms with Gasteiger partial charge in [-0.05, 0) is 32.1 Å². The Hall–Kier alpha value is -2.90. The van der Waals surface area contributed by atoms with Gasteiger partial charge < -0.3 is 24.6 Å². The summed E-state index contributed by atoms with van der Waals surface area (Å²) in [4.78, 5) is 14.7. The van der Waals surface area contributed by atoms with Crippen molar-refractivity contribution in [3.63, 3.8) is 0 Å². The van der Waals surface area contributed by atoms with Crippen molar-refractivity contribution in [2.75, 3.05) is 20.2 Å². The second-order valence-corrected chi connectivity index (χ2v) is 7.14. The SMILES string of the molecule is CN1CCC(c2c(O)cc(O)c3c(=O)cc(-c4cccc(F)c4)oc23)[C@H]1CO. The normalized spacial score (nSPS) is 20.1. The molecular formula is C21H20FNO5. The lowest BCUT2D eigenvalue weighted by molar-refractivity contribution is 0.172. The molecule has 1 fully saturated rings. The molecule has 6 nitrogen and oxygen atoms in total. The van der Waals surface area contributed by atoms with E-state index in [-0.39, 0.29) is 46.8 Å². The molecule has 2 atom stereocenters. The molecule has 0 radical (unpaired) electrons. The van der Waals surface area contributed by atoms with E-state index in [4.69, 9.17) is 4.42 Å². The fourth-order valence-corrected chi connectivity index (χ4v) is 4.08. The number of aromatic hydroxyl groups is 2. The van der Waals surface area contributed by atoms with E-state index in [0.717, 1.165) is 6.07 Å². The molecular weight excluding hydrogens is 365 g/mol. The van der Waals surface area contributed by atoms with E-state index < -0.39 is 11.2 Å². The molecule has 1 saturated heterocycles. The minimum absolute atomic E-state index is 0.0424. The highest BCUT2D eigenvalue weighted by molar-refractivity contribution is 5.89. The second-order valence-electron chi connectivity index (χ2n) is 7.14. The van der Waals surface area contributed by atoms with Gasteiger partial charge in [0.15, 0.2) is 5.43 Å². The molecule has 7 heteroatoms. The van der Waals surface area contributed by atoms with Gasteiger partial charge in [0.25, 0.3) is 0 Å². The van der Waals surface area contributed by atoms with E-state index in [1.165, 1.54) is 24.3 Å². The summed E-state index contributed by atoms with van der Waals surface area (Å²) >= 11 is 0. The number of rotatable bonds is 3. The van der Waals surface area contributed by atoms with Crippen LogP contribution in [0.1, 0.15) is 17.9 Å². The van der Waals surface area contributed by atoms with Crippen LogP contribution in [0.3, 0.4) is 0 Å². The van der Waals surface area contributed by atoms with E-state index >= 15 is 0 Å². The fraction of sp³-hybridized carbons (Fsp3) is 0.286. The first-order valence-corrected chi connectivity index (χ1v) is 9.00. The van der Waals surface area contributed by atoms with E-state index in [0.29, 0.717) is 24.1 Å². The van der Waals surface area contributed by atoms with Crippen LogP contribution in [0.25, 0.3) is 22.3 Å². The average Bonchev–Trinajstić information content (AvgIpc) is 3.01. The zero-order chi connectivity index (χ0) is 20.0. The first-order chi connectivity index (χ1) is 13.4. The molecule has 2 heterocycles. The molecule has 3 aromatic rings. The standard InChI is InChI=1S/C21H20FNO5/c1-23-6-5-13(14(23)10-24)19-15(25)8-16(26)20-17(27)9-18(28-21(19)20)11-3-2-4-12(22)7-11/h2-4,7-9,13-14,24-26H,5-6,10H2,1H3/t13?,14-/m1/s1. The summed E-state index contributed by atoms with van der Waals surface area (Å²) in [7, 11) is 1.87. The fourth-order valence-electron chi connectivity index (χ4n) is 4.08. The maximum Gasteiger partial charge on any atom is 0.197 e. The highest BCUT2D eigenvalue weighted by atomic mass is 19.1. The Kier molecular flexibility index (Phi) is 4.56. The van der Waals surface area contributed by atoms with Gasteiger partial charge >= 0.3 is 0 Å². The summed E-state index contributed by atoms with van der Waals surface area (Å²) in [6.45, 7) is 0.572. The number of aliphatic hydroxyl groups is 1. The number of hydrogen-bond acceptors (Lipinski definition) is 6. The van der Waals surface area contributed by atoms with E-state index in [2.05, 4.69) is 0 Å². The van der Waals surface area contributed by atoms with Gasteiger partial charge in [0.1, 0.15) is 34.0 Å². The summed E-state index contributed by atoms with van der Waals surface area (Å²) in [5.74, 6) is -1.22. The molecule has 0 saturated carbocycles. The Labute approximate surface area is 160 Å². The van der Waals surface area contributed by atoms with Crippen LogP contribution in [-0.2, 0) is 0 Å². The Morgan fingerprint density at radius 2 is 2.00 bits per heavy atom. The third-order valence-corrected chi connectivity index (χ3v) is 5.49. The average molecular weight is 385 g/mol. The van der Waals surface area contributed by atoms with Crippen LogP contribution in [-0.4, -0.2) is 46.5 Å². The monoisotopic (exact) mass is 385 g/mol. The third-order valence-electron chi connectivity index (χ3n) is 5.49. The molecule has 4 rings (SSSR count). The molecule has 1 unspecified atom stereocenters. The molecule has 1 aromatic heterocycles. The molecule has 0 amide bonds. The molecule has 28 heavy (non-hydrogen) atoms. The largest absolute Gasteiger partial charge is 0.507 e. The second kappa shape index (κ2) is 6.92. The van der Waals surface area contributed by atoms with Crippen LogP contribution in [0.15, 0.2) is 45.6 Å². The predicted octanol–water partition coefficient (Wildman–Crippen LogP) is 2.79. The van der Waals surface area contributed by atoms with E-state index in [9.17, 15) is 24.5 Å². The van der Waals surface area contributed by atoms with Crippen LogP contribution in [0.2, 0.25) is 0 Å². The van der Waals surface area contributed by atoms with Crippen LogP contribution in [0.5, 0.6) is 11.5 Å².